The Morgan fingerprint density at radius 1 is 1.33 bits per heavy atom. The van der Waals surface area contributed by atoms with Gasteiger partial charge in [-0.2, -0.15) is 4.98 Å². The maximum absolute atomic E-state index is 9.31. The van der Waals surface area contributed by atoms with Crippen LogP contribution in [0.4, 0.5) is 11.8 Å². The second-order valence-electron chi connectivity index (χ2n) is 6.14. The van der Waals surface area contributed by atoms with E-state index in [9.17, 15) is 5.11 Å². The summed E-state index contributed by atoms with van der Waals surface area (Å²) in [7, 11) is 0. The Bertz CT molecular complexity index is 591. The van der Waals surface area contributed by atoms with Gasteiger partial charge in [-0.25, -0.2) is 4.98 Å². The fourth-order valence-electron chi connectivity index (χ4n) is 2.22. The number of aliphatic hydroxyl groups excluding tert-OH is 1. The van der Waals surface area contributed by atoms with Gasteiger partial charge in [-0.05, 0) is 30.2 Å². The van der Waals surface area contributed by atoms with Gasteiger partial charge in [-0.1, -0.05) is 20.8 Å². The van der Waals surface area contributed by atoms with E-state index in [1.54, 1.807) is 11.3 Å². The number of nitrogens with zero attached hydrogens (tertiary/aromatic N) is 2. The van der Waals surface area contributed by atoms with Crippen molar-refractivity contribution in [3.8, 4) is 0 Å². The summed E-state index contributed by atoms with van der Waals surface area (Å²) in [5, 5.41) is 19.0. The number of aliphatic hydroxyl groups is 1. The molecule has 0 saturated carbocycles. The van der Waals surface area contributed by atoms with Crippen LogP contribution in [0.25, 0.3) is 10.2 Å². The monoisotopic (exact) mass is 308 g/mol. The van der Waals surface area contributed by atoms with Crippen LogP contribution in [0.2, 0.25) is 0 Å². The van der Waals surface area contributed by atoms with Gasteiger partial charge < -0.3 is 15.7 Å². The molecule has 116 valence electrons. The summed E-state index contributed by atoms with van der Waals surface area (Å²) in [4.78, 5) is 10.1. The molecule has 2 aromatic heterocycles. The number of nitrogens with one attached hydrogen (secondary N) is 2. The number of thiophene rings is 1. The average molecular weight is 308 g/mol. The first kappa shape index (κ1) is 16.0. The molecule has 0 radical (unpaired) electrons. The molecule has 6 heteroatoms. The molecule has 1 atom stereocenters. The molecule has 2 aromatic rings. The van der Waals surface area contributed by atoms with E-state index in [2.05, 4.69) is 41.4 Å². The maximum atomic E-state index is 9.31. The third-order valence-electron chi connectivity index (χ3n) is 3.43. The third kappa shape index (κ3) is 3.83. The molecular formula is C15H24N4OS. The molecule has 0 fully saturated rings. The Morgan fingerprint density at radius 2 is 2.10 bits per heavy atom. The van der Waals surface area contributed by atoms with Crippen LogP contribution in [0.3, 0.4) is 0 Å². The number of fused-ring (bicyclic) bond motifs is 1. The maximum Gasteiger partial charge on any atom is 0.226 e. The van der Waals surface area contributed by atoms with E-state index in [0.29, 0.717) is 12.4 Å². The highest BCUT2D eigenvalue weighted by Crippen LogP contribution is 2.30. The normalized spacial score (nSPS) is 13.4. The quantitative estimate of drug-likeness (QED) is 0.763. The molecule has 0 amide bonds. The van der Waals surface area contributed by atoms with E-state index in [1.165, 1.54) is 0 Å². The van der Waals surface area contributed by atoms with Crippen LogP contribution in [0.5, 0.6) is 0 Å². The molecule has 2 heterocycles. The van der Waals surface area contributed by atoms with Crippen molar-refractivity contribution in [3.05, 3.63) is 11.4 Å². The minimum Gasteiger partial charge on any atom is -0.396 e. The number of rotatable bonds is 6. The van der Waals surface area contributed by atoms with E-state index in [1.807, 2.05) is 18.4 Å². The Labute approximate surface area is 129 Å². The molecule has 0 saturated heterocycles. The highest BCUT2D eigenvalue weighted by molar-refractivity contribution is 7.16. The van der Waals surface area contributed by atoms with Crippen LogP contribution in [-0.2, 0) is 0 Å². The van der Waals surface area contributed by atoms with Gasteiger partial charge in [0.1, 0.15) is 10.6 Å². The first-order valence-electron chi connectivity index (χ1n) is 7.32. The zero-order valence-corrected chi connectivity index (χ0v) is 13.9. The molecule has 0 aliphatic carbocycles. The lowest BCUT2D eigenvalue weighted by molar-refractivity contribution is 0.235. The van der Waals surface area contributed by atoms with Crippen LogP contribution in [0.15, 0.2) is 11.4 Å². The molecule has 5 nitrogen and oxygen atoms in total. The number of anilines is 2. The zero-order valence-electron chi connectivity index (χ0n) is 13.1. The Kier molecular flexibility index (Phi) is 5.00. The van der Waals surface area contributed by atoms with Crippen LogP contribution in [-0.4, -0.2) is 34.3 Å². The summed E-state index contributed by atoms with van der Waals surface area (Å²) >= 11 is 1.61. The Balaban J connectivity index is 2.36. The highest BCUT2D eigenvalue weighted by atomic mass is 32.1. The second-order valence-corrected chi connectivity index (χ2v) is 7.04. The van der Waals surface area contributed by atoms with Gasteiger partial charge in [-0.3, -0.25) is 0 Å². The summed E-state index contributed by atoms with van der Waals surface area (Å²) in [6.45, 7) is 9.47. The van der Waals surface area contributed by atoms with Gasteiger partial charge in [0.2, 0.25) is 5.95 Å². The fourth-order valence-corrected chi connectivity index (χ4v) is 2.98. The number of aromatic nitrogens is 2. The molecule has 0 aliphatic rings. The van der Waals surface area contributed by atoms with Crippen molar-refractivity contribution < 1.29 is 5.11 Å². The summed E-state index contributed by atoms with van der Waals surface area (Å²) in [5.74, 6) is 1.48. The molecule has 2 rings (SSSR count). The van der Waals surface area contributed by atoms with Crippen LogP contribution in [0, 0.1) is 5.41 Å². The lowest BCUT2D eigenvalue weighted by Gasteiger charge is -2.31. The molecule has 3 N–H and O–H groups in total. The van der Waals surface area contributed by atoms with Crippen molar-refractivity contribution in [1.82, 2.24) is 9.97 Å². The molecule has 0 spiro atoms. The standard InChI is InChI=1S/C15H24N4OS/c1-5-16-14-18-12(10-7-9-21-13(10)19-14)17-11(6-8-20)15(2,3)4/h7,9,11,20H,5-6,8H2,1-4H3,(H2,16,17,18,19). The van der Waals surface area contributed by atoms with Crippen LogP contribution < -0.4 is 10.6 Å². The van der Waals surface area contributed by atoms with Gasteiger partial charge in [0.15, 0.2) is 0 Å². The van der Waals surface area contributed by atoms with Crippen molar-refractivity contribution in [2.75, 3.05) is 23.8 Å². The molecule has 0 aliphatic heterocycles. The first-order valence-corrected chi connectivity index (χ1v) is 8.20. The second kappa shape index (κ2) is 6.58. The predicted molar refractivity (Wildman–Crippen MR) is 90.1 cm³/mol. The van der Waals surface area contributed by atoms with Gasteiger partial charge >= 0.3 is 0 Å². The minimum absolute atomic E-state index is 0.0361. The Morgan fingerprint density at radius 3 is 2.71 bits per heavy atom. The summed E-state index contributed by atoms with van der Waals surface area (Å²) in [6, 6.07) is 2.19. The van der Waals surface area contributed by atoms with E-state index < -0.39 is 0 Å². The average Bonchev–Trinajstić information content (AvgIpc) is 2.86. The van der Waals surface area contributed by atoms with E-state index in [4.69, 9.17) is 0 Å². The van der Waals surface area contributed by atoms with E-state index in [-0.39, 0.29) is 18.1 Å². The smallest absolute Gasteiger partial charge is 0.226 e. The molecular weight excluding hydrogens is 284 g/mol. The number of hydrogen-bond donors (Lipinski definition) is 3. The van der Waals surface area contributed by atoms with E-state index in [0.717, 1.165) is 22.6 Å². The Hall–Kier alpha value is -1.40. The van der Waals surface area contributed by atoms with Gasteiger partial charge in [-0.15, -0.1) is 11.3 Å². The summed E-state index contributed by atoms with van der Waals surface area (Å²) in [5.41, 5.74) is 0.0361. The number of hydrogen-bond acceptors (Lipinski definition) is 6. The zero-order chi connectivity index (χ0) is 15.5. The van der Waals surface area contributed by atoms with Crippen LogP contribution in [0.1, 0.15) is 34.1 Å². The van der Waals surface area contributed by atoms with Gasteiger partial charge in [0.25, 0.3) is 0 Å². The minimum atomic E-state index is 0.0361. The largest absolute Gasteiger partial charge is 0.396 e. The fraction of sp³-hybridized carbons (Fsp3) is 0.600. The third-order valence-corrected chi connectivity index (χ3v) is 4.24. The summed E-state index contributed by atoms with van der Waals surface area (Å²) in [6.07, 6.45) is 0.690. The molecule has 0 bridgehead atoms. The molecule has 21 heavy (non-hydrogen) atoms. The topological polar surface area (TPSA) is 70.1 Å². The van der Waals surface area contributed by atoms with Crippen molar-refractivity contribution >= 4 is 33.3 Å². The van der Waals surface area contributed by atoms with Crippen molar-refractivity contribution in [2.24, 2.45) is 5.41 Å². The first-order chi connectivity index (χ1) is 9.95. The lowest BCUT2D eigenvalue weighted by Crippen LogP contribution is -2.35. The van der Waals surface area contributed by atoms with Crippen molar-refractivity contribution in [2.45, 2.75) is 40.2 Å². The van der Waals surface area contributed by atoms with Crippen molar-refractivity contribution in [3.63, 3.8) is 0 Å². The van der Waals surface area contributed by atoms with Crippen LogP contribution >= 0.6 is 11.3 Å². The van der Waals surface area contributed by atoms with Gasteiger partial charge in [0.05, 0.1) is 5.39 Å². The lowest BCUT2D eigenvalue weighted by atomic mass is 9.85. The van der Waals surface area contributed by atoms with Gasteiger partial charge in [0, 0.05) is 19.2 Å². The highest BCUT2D eigenvalue weighted by Gasteiger charge is 2.25. The summed E-state index contributed by atoms with van der Waals surface area (Å²) < 4.78 is 0. The molecule has 1 unspecified atom stereocenters. The molecule has 0 aromatic carbocycles. The SMILES string of the molecule is CCNc1nc(NC(CCO)C(C)(C)C)c2ccsc2n1. The van der Waals surface area contributed by atoms with Crippen molar-refractivity contribution in [1.29, 1.82) is 0 Å². The predicted octanol–water partition coefficient (Wildman–Crippen LogP) is 3.33. The van der Waals surface area contributed by atoms with E-state index >= 15 is 0 Å².